The number of nitrogens with one attached hydrogen (secondary N) is 2. The van der Waals surface area contributed by atoms with Gasteiger partial charge in [0.2, 0.25) is 42.0 Å². The number of carbonyl (C=O) groups is 3. The number of phenols is 1. The Morgan fingerprint density at radius 1 is 0.540 bits per heavy atom. The standard InChI is InChI=1S/C44H56N4O9Si.C42H54N4O8Si/c1-24-16-28-18-31-33(20-45)48-32(38(47(31)7)36(28)42(39(24)52-9)53-22-51-8)19-30-37(43-41(54-23-55-43)25(2)40(30)56-26(3)49)34(48)21-46-35(50)17-27-12-14-29(15-13-27)57-58(10,11)44(4,5)6;1-23-15-26-17-29-31(19-43)46-30(36(45(29)6)34(26)40(38(23)50-8)51-21-49-7)18-28-35(41-39(52-22-53-41)24(2)37(28)48)32(46)20-44-33(47)16-25-11-13-27(14-12-25)54-55(9,10)42(3,4)5/h12-16,31-34,38H,17-19,21-23H2,1-11H3,(H,46,50);11-15,29-32,36,48H,16-18,20-22H2,1-10H3,(H,44,47)/t31-,32-,33-,34-,38-;29-,30-,31-,32-,36-/m00/s1. The van der Waals surface area contributed by atoms with Crippen molar-refractivity contribution in [3.05, 3.63) is 139 Å². The summed E-state index contributed by atoms with van der Waals surface area (Å²) in [6.45, 7) is 31.5. The minimum Gasteiger partial charge on any atom is -0.544 e. The third-order valence-corrected chi connectivity index (χ3v) is 34.0. The predicted molar refractivity (Wildman–Crippen MR) is 429 cm³/mol. The molecule has 25 nitrogen and oxygen atoms in total. The van der Waals surface area contributed by atoms with Crippen molar-refractivity contribution in [1.29, 1.82) is 10.5 Å². The van der Waals surface area contributed by atoms with Crippen molar-refractivity contribution in [1.82, 2.24) is 30.2 Å². The van der Waals surface area contributed by atoms with Gasteiger partial charge in [-0.1, -0.05) is 77.9 Å². The van der Waals surface area contributed by atoms with Crippen molar-refractivity contribution in [2.75, 3.05) is 82.8 Å². The van der Waals surface area contributed by atoms with Gasteiger partial charge in [0.05, 0.1) is 63.4 Å². The Kier molecular flexibility index (Phi) is 23.0. The number of fused-ring (bicyclic) bond motifs is 18. The Morgan fingerprint density at radius 3 is 1.31 bits per heavy atom. The number of hydrogen-bond acceptors (Lipinski definition) is 23. The summed E-state index contributed by atoms with van der Waals surface area (Å²) in [6.07, 6.45) is 2.34. The van der Waals surface area contributed by atoms with Gasteiger partial charge >= 0.3 is 5.97 Å². The molecule has 4 bridgehead atoms. The van der Waals surface area contributed by atoms with Crippen LogP contribution in [-0.4, -0.2) is 178 Å². The first-order chi connectivity index (χ1) is 53.6. The Labute approximate surface area is 666 Å². The fraction of sp³-hybridized carbons (Fsp3) is 0.523. The second-order valence-electron chi connectivity index (χ2n) is 34.1. The summed E-state index contributed by atoms with van der Waals surface area (Å²) in [5.41, 5.74) is 12.0. The minimum atomic E-state index is -2.03. The van der Waals surface area contributed by atoms with Crippen LogP contribution in [-0.2, 0) is 62.4 Å². The summed E-state index contributed by atoms with van der Waals surface area (Å²) in [6, 6.07) is 21.4. The third kappa shape index (κ3) is 14.9. The highest BCUT2D eigenvalue weighted by Crippen LogP contribution is 2.61. The highest BCUT2D eigenvalue weighted by Gasteiger charge is 2.60. The number of aryl methyl sites for hydroxylation is 2. The van der Waals surface area contributed by atoms with Crippen molar-refractivity contribution in [3.8, 4) is 81.1 Å². The van der Waals surface area contributed by atoms with Crippen LogP contribution >= 0.6 is 0 Å². The molecule has 604 valence electrons. The molecule has 6 aromatic rings. The Hall–Kier alpha value is -9.30. The topological polar surface area (TPSA) is 276 Å². The van der Waals surface area contributed by atoms with Gasteiger partial charge in [0.15, 0.2) is 59.6 Å². The quantitative estimate of drug-likeness (QED) is 0.0261. The van der Waals surface area contributed by atoms with E-state index in [9.17, 15) is 30.0 Å². The summed E-state index contributed by atoms with van der Waals surface area (Å²) in [5, 5.41) is 40.5. The van der Waals surface area contributed by atoms with E-state index in [1.165, 1.54) is 6.92 Å². The van der Waals surface area contributed by atoms with Gasteiger partial charge in [-0.05, 0) is 161 Å². The maximum absolute atomic E-state index is 13.9. The number of likely N-dealkylation sites (N-methyl/N-ethyl adjacent to an activating group) is 2. The lowest BCUT2D eigenvalue weighted by molar-refractivity contribution is -0.132. The maximum Gasteiger partial charge on any atom is 0.308 e. The molecule has 0 saturated carbocycles. The van der Waals surface area contributed by atoms with Crippen LogP contribution in [0.25, 0.3) is 0 Å². The van der Waals surface area contributed by atoms with Crippen LogP contribution in [0.2, 0.25) is 36.3 Å². The molecule has 14 rings (SSSR count). The normalized spacial score (nSPS) is 22.5. The van der Waals surface area contributed by atoms with E-state index >= 15 is 0 Å². The van der Waals surface area contributed by atoms with Gasteiger partial charge < -0.3 is 76.7 Å². The molecular formula is C86H110N8O17Si2. The van der Waals surface area contributed by atoms with E-state index < -0.39 is 46.8 Å². The number of hydrogen-bond donors (Lipinski definition) is 3. The number of nitriles is 2. The number of phenolic OH excluding ortho intramolecular Hbond substituents is 1. The van der Waals surface area contributed by atoms with Gasteiger partial charge in [-0.15, -0.1) is 0 Å². The minimum absolute atomic E-state index is 0.00777. The van der Waals surface area contributed by atoms with E-state index in [-0.39, 0.29) is 117 Å². The van der Waals surface area contributed by atoms with Gasteiger partial charge in [0.25, 0.3) is 0 Å². The lowest BCUT2D eigenvalue weighted by Crippen LogP contribution is -2.68. The third-order valence-electron chi connectivity index (χ3n) is 25.3. The molecule has 113 heavy (non-hydrogen) atoms. The van der Waals surface area contributed by atoms with Crippen LogP contribution in [0, 0.1) is 50.4 Å². The lowest BCUT2D eigenvalue weighted by Gasteiger charge is -2.60. The molecule has 2 fully saturated rings. The number of nitrogens with zero attached hydrogens (tertiary/aromatic N) is 6. The molecule has 2 saturated heterocycles. The molecule has 27 heteroatoms. The van der Waals surface area contributed by atoms with Gasteiger partial charge in [-0.2, -0.15) is 10.5 Å². The fourth-order valence-corrected chi connectivity index (χ4v) is 20.1. The summed E-state index contributed by atoms with van der Waals surface area (Å²) in [7, 11) is 6.51. The first-order valence-corrected chi connectivity index (χ1v) is 44.7. The molecule has 6 aromatic carbocycles. The van der Waals surface area contributed by atoms with Crippen LogP contribution in [0.5, 0.6) is 69.0 Å². The molecule has 8 heterocycles. The number of aromatic hydroxyl groups is 1. The van der Waals surface area contributed by atoms with Gasteiger partial charge in [-0.3, -0.25) is 34.0 Å². The Balaban J connectivity index is 0.000000198. The lowest BCUT2D eigenvalue weighted by atomic mass is 9.71. The van der Waals surface area contributed by atoms with Crippen molar-refractivity contribution in [3.63, 3.8) is 0 Å². The second-order valence-corrected chi connectivity index (χ2v) is 43.6. The molecule has 0 radical (unpaired) electrons. The first kappa shape index (κ1) is 81.7. The maximum atomic E-state index is 13.9. The summed E-state index contributed by atoms with van der Waals surface area (Å²) in [4.78, 5) is 49.4. The Bertz CT molecular complexity index is 4760. The zero-order valence-electron chi connectivity index (χ0n) is 69.2. The monoisotopic (exact) mass is 1580 g/mol. The number of benzene rings is 6. The molecular weight excluding hydrogens is 1470 g/mol. The Morgan fingerprint density at radius 2 is 0.929 bits per heavy atom. The van der Waals surface area contributed by atoms with E-state index in [0.29, 0.717) is 88.6 Å². The highest BCUT2D eigenvalue weighted by molar-refractivity contribution is 6.75. The molecule has 8 aliphatic rings. The summed E-state index contributed by atoms with van der Waals surface area (Å²) in [5.74, 6) is 5.92. The molecule has 8 aliphatic heterocycles. The van der Waals surface area contributed by atoms with Crippen molar-refractivity contribution < 1.29 is 80.4 Å². The van der Waals surface area contributed by atoms with Gasteiger partial charge in [0, 0.05) is 103 Å². The molecule has 10 atom stereocenters. The zero-order chi connectivity index (χ0) is 81.4. The average Bonchev–Trinajstić information content (AvgIpc) is 1.48. The number of methoxy groups -OCH3 is 4. The van der Waals surface area contributed by atoms with Crippen LogP contribution < -0.4 is 62.1 Å². The van der Waals surface area contributed by atoms with E-state index in [1.54, 1.807) is 28.4 Å². The van der Waals surface area contributed by atoms with Gasteiger partial charge in [0.1, 0.15) is 35.1 Å². The molecule has 0 aliphatic carbocycles. The highest BCUT2D eigenvalue weighted by atomic mass is 28.4. The van der Waals surface area contributed by atoms with E-state index in [1.807, 2.05) is 76.2 Å². The zero-order valence-corrected chi connectivity index (χ0v) is 71.2. The number of amides is 2. The van der Waals surface area contributed by atoms with Crippen molar-refractivity contribution in [2.24, 2.45) is 0 Å². The van der Waals surface area contributed by atoms with E-state index in [4.69, 9.17) is 61.0 Å². The number of carbonyl (C=O) groups excluding carboxylic acids is 3. The molecule has 0 spiro atoms. The smallest absolute Gasteiger partial charge is 0.308 e. The molecule has 2 amide bonds. The number of esters is 1. The number of ether oxygens (including phenoxy) is 11. The van der Waals surface area contributed by atoms with Crippen LogP contribution in [0.1, 0.15) is 151 Å². The first-order valence-electron chi connectivity index (χ1n) is 38.9. The second kappa shape index (κ2) is 31.8. The summed E-state index contributed by atoms with van der Waals surface area (Å²) < 4.78 is 78.4. The molecule has 0 unspecified atom stereocenters. The molecule has 0 aromatic heterocycles. The van der Waals surface area contributed by atoms with Gasteiger partial charge in [-0.25, -0.2) is 0 Å². The number of piperazine rings is 2. The molecule has 3 N–H and O–H groups in total. The SMILES string of the molecule is COCOc1c(OC)c(C)cc2c1[C@@H]1[C@@H]3Cc4c(O)c(C)c5c(c4[C@H](CNC(=O)Cc4ccc(O[Si](C)(C)C(C)(C)C)cc4)N3[C@@H](C#N)[C@H](C2)N1C)OCO5.COCOc1c(OC)c(C)cc2c1[C@@H]1[C@@H]3Cc4c(OC(C)=O)c(C)c5c(c4[C@H](CNC(=O)Cc4ccc(O[Si](C)(C)C(C)(C)C)cc4)N3[C@@H](C#N)[C@H](C2)N1C)OCO5. The van der Waals surface area contributed by atoms with Crippen molar-refractivity contribution in [2.45, 2.75) is 211 Å². The largest absolute Gasteiger partial charge is 0.544 e. The predicted octanol–water partition coefficient (Wildman–Crippen LogP) is 12.7. The van der Waals surface area contributed by atoms with Crippen molar-refractivity contribution >= 4 is 34.4 Å². The van der Waals surface area contributed by atoms with Crippen LogP contribution in [0.15, 0.2) is 60.7 Å². The fourth-order valence-electron chi connectivity index (χ4n) is 18.0. The van der Waals surface area contributed by atoms with Crippen LogP contribution in [0.4, 0.5) is 0 Å². The average molecular weight is 1580 g/mol. The number of rotatable bonds is 21. The van der Waals surface area contributed by atoms with Crippen LogP contribution in [0.3, 0.4) is 0 Å². The van der Waals surface area contributed by atoms with E-state index in [0.717, 1.165) is 78.3 Å². The summed E-state index contributed by atoms with van der Waals surface area (Å²) >= 11 is 0. The van der Waals surface area contributed by atoms with E-state index in [2.05, 4.69) is 136 Å².